The molecular formula is C8H21NO6P2. The van der Waals surface area contributed by atoms with E-state index < -0.39 is 20.6 Å². The van der Waals surface area contributed by atoms with E-state index in [0.29, 0.717) is 6.54 Å². The number of unbranched alkanes of at least 4 members (excludes halogenated alkanes) is 2. The van der Waals surface area contributed by atoms with Crippen molar-refractivity contribution >= 4 is 15.2 Å². The van der Waals surface area contributed by atoms with Gasteiger partial charge in [0.1, 0.15) is 0 Å². The summed E-state index contributed by atoms with van der Waals surface area (Å²) >= 11 is 0. The molecule has 7 nitrogen and oxygen atoms in total. The minimum absolute atomic E-state index is 0.307. The fourth-order valence-electron chi connectivity index (χ4n) is 1.41. The third-order valence-corrected chi connectivity index (χ3v) is 6.08. The van der Waals surface area contributed by atoms with Gasteiger partial charge in [-0.25, -0.2) is 0 Å². The van der Waals surface area contributed by atoms with Gasteiger partial charge in [0, 0.05) is 6.54 Å². The van der Waals surface area contributed by atoms with Gasteiger partial charge in [-0.3, -0.25) is 9.13 Å². The van der Waals surface area contributed by atoms with Crippen LogP contribution in [0.4, 0.5) is 0 Å². The van der Waals surface area contributed by atoms with Crippen molar-refractivity contribution in [3.8, 4) is 0 Å². The van der Waals surface area contributed by atoms with E-state index in [9.17, 15) is 9.13 Å². The molecule has 0 atom stereocenters. The first-order valence-electron chi connectivity index (χ1n) is 5.38. The van der Waals surface area contributed by atoms with Crippen LogP contribution in [-0.2, 0) is 9.13 Å². The third-order valence-electron chi connectivity index (χ3n) is 2.39. The highest BCUT2D eigenvalue weighted by atomic mass is 31.2. The van der Waals surface area contributed by atoms with Crippen LogP contribution in [0.2, 0.25) is 0 Å². The highest BCUT2D eigenvalue weighted by Crippen LogP contribution is 2.59. The maximum absolute atomic E-state index is 11.0. The molecule has 0 aromatic heterocycles. The van der Waals surface area contributed by atoms with Gasteiger partial charge in [0.25, 0.3) is 0 Å². The fraction of sp³-hybridized carbons (Fsp3) is 1.00. The highest BCUT2D eigenvalue weighted by Gasteiger charge is 2.43. The van der Waals surface area contributed by atoms with Gasteiger partial charge in [0.05, 0.1) is 0 Å². The molecule has 0 aliphatic heterocycles. The van der Waals surface area contributed by atoms with Gasteiger partial charge in [-0.15, -0.1) is 0 Å². The molecule has 0 aliphatic carbocycles. The highest BCUT2D eigenvalue weighted by molar-refractivity contribution is 7.70. The van der Waals surface area contributed by atoms with Gasteiger partial charge in [-0.05, 0) is 20.0 Å². The van der Waals surface area contributed by atoms with E-state index in [0.717, 1.165) is 19.3 Å². The predicted octanol–water partition coefficient (Wildman–Crippen LogP) is 0.790. The molecule has 0 aliphatic rings. The average molecular weight is 289 g/mol. The molecule has 0 saturated carbocycles. The van der Waals surface area contributed by atoms with Crippen molar-refractivity contribution in [1.29, 1.82) is 0 Å². The lowest BCUT2D eigenvalue weighted by Crippen LogP contribution is -2.30. The molecule has 0 unspecified atom stereocenters. The van der Waals surface area contributed by atoms with Crippen molar-refractivity contribution in [3.63, 3.8) is 0 Å². The SMILES string of the molecule is CCCCCN(C)CC(P(=O)(O)O)P(=O)(O)O. The summed E-state index contributed by atoms with van der Waals surface area (Å²) in [6.45, 7) is 2.27. The Kier molecular flexibility index (Phi) is 7.11. The number of rotatable bonds is 8. The normalized spacial score (nSPS) is 13.6. The predicted molar refractivity (Wildman–Crippen MR) is 64.9 cm³/mol. The number of hydrogen-bond donors (Lipinski definition) is 4. The molecule has 0 aromatic rings. The molecule has 0 rings (SSSR count). The minimum atomic E-state index is -4.80. The topological polar surface area (TPSA) is 118 Å². The Bertz CT molecular complexity index is 289. The second-order valence-electron chi connectivity index (χ2n) is 4.13. The van der Waals surface area contributed by atoms with E-state index >= 15 is 0 Å². The summed E-state index contributed by atoms with van der Waals surface area (Å²) in [6, 6.07) is 0. The van der Waals surface area contributed by atoms with E-state index in [1.54, 1.807) is 11.9 Å². The Balaban J connectivity index is 4.47. The summed E-state index contributed by atoms with van der Waals surface area (Å²) in [6.07, 6.45) is 2.82. The molecular weight excluding hydrogens is 268 g/mol. The van der Waals surface area contributed by atoms with Crippen LogP contribution in [0.15, 0.2) is 0 Å². The van der Waals surface area contributed by atoms with Crippen molar-refractivity contribution in [1.82, 2.24) is 4.90 Å². The lowest BCUT2D eigenvalue weighted by molar-refractivity contribution is 0.290. The van der Waals surface area contributed by atoms with Crippen LogP contribution in [0.25, 0.3) is 0 Å². The Hall–Kier alpha value is 0.260. The van der Waals surface area contributed by atoms with Gasteiger partial charge < -0.3 is 24.5 Å². The zero-order valence-electron chi connectivity index (χ0n) is 10.1. The van der Waals surface area contributed by atoms with E-state index in [4.69, 9.17) is 19.6 Å². The first-order chi connectivity index (χ1) is 7.59. The van der Waals surface area contributed by atoms with E-state index in [1.807, 2.05) is 6.92 Å². The van der Waals surface area contributed by atoms with E-state index in [1.165, 1.54) is 0 Å². The fourth-order valence-corrected chi connectivity index (χ4v) is 3.96. The van der Waals surface area contributed by atoms with Crippen LogP contribution in [0, 0.1) is 0 Å². The molecule has 104 valence electrons. The molecule has 17 heavy (non-hydrogen) atoms. The zero-order chi connectivity index (χ0) is 13.7. The van der Waals surface area contributed by atoms with E-state index in [2.05, 4.69) is 0 Å². The first-order valence-corrected chi connectivity index (χ1v) is 8.74. The molecule has 0 fully saturated rings. The van der Waals surface area contributed by atoms with Crippen molar-refractivity contribution in [3.05, 3.63) is 0 Å². The lowest BCUT2D eigenvalue weighted by Gasteiger charge is -2.25. The standard InChI is InChI=1S/C8H21NO6P2/c1-3-4-5-6-9(2)7-8(16(10,11)12)17(13,14)15/h8H,3-7H2,1-2H3,(H2,10,11,12)(H2,13,14,15). The molecule has 9 heteroatoms. The Morgan fingerprint density at radius 1 is 1.06 bits per heavy atom. The Morgan fingerprint density at radius 3 is 1.88 bits per heavy atom. The van der Waals surface area contributed by atoms with Crippen LogP contribution in [-0.4, -0.2) is 50.0 Å². The van der Waals surface area contributed by atoms with E-state index in [-0.39, 0.29) is 6.54 Å². The largest absolute Gasteiger partial charge is 0.342 e. The lowest BCUT2D eigenvalue weighted by atomic mass is 10.2. The van der Waals surface area contributed by atoms with Crippen LogP contribution in [0.5, 0.6) is 0 Å². The molecule has 0 heterocycles. The van der Waals surface area contributed by atoms with Gasteiger partial charge in [-0.2, -0.15) is 0 Å². The van der Waals surface area contributed by atoms with Crippen LogP contribution in [0.1, 0.15) is 26.2 Å². The molecule has 0 saturated heterocycles. The summed E-state index contributed by atoms with van der Waals surface area (Å²) in [5.41, 5.74) is 0. The summed E-state index contributed by atoms with van der Waals surface area (Å²) in [4.78, 5) is 37.2. The molecule has 0 radical (unpaired) electrons. The summed E-state index contributed by atoms with van der Waals surface area (Å²) in [7, 11) is -8.00. The van der Waals surface area contributed by atoms with Crippen LogP contribution >= 0.6 is 15.2 Å². The van der Waals surface area contributed by atoms with Crippen molar-refractivity contribution in [2.24, 2.45) is 0 Å². The molecule has 0 spiro atoms. The third kappa shape index (κ3) is 7.32. The van der Waals surface area contributed by atoms with Crippen LogP contribution in [0.3, 0.4) is 0 Å². The summed E-state index contributed by atoms with van der Waals surface area (Å²) in [5, 5.41) is -1.93. The number of hydrogen-bond acceptors (Lipinski definition) is 3. The summed E-state index contributed by atoms with van der Waals surface area (Å²) < 4.78 is 22.0. The van der Waals surface area contributed by atoms with Crippen molar-refractivity contribution < 1.29 is 28.7 Å². The Morgan fingerprint density at radius 2 is 1.53 bits per heavy atom. The smallest absolute Gasteiger partial charge is 0.324 e. The molecule has 0 aromatic carbocycles. The number of nitrogens with zero attached hydrogens (tertiary/aromatic N) is 1. The quantitative estimate of drug-likeness (QED) is 0.385. The van der Waals surface area contributed by atoms with Crippen LogP contribution < -0.4 is 0 Å². The Labute approximate surface area is 101 Å². The molecule has 0 bridgehead atoms. The first kappa shape index (κ1) is 17.3. The van der Waals surface area contributed by atoms with Crippen molar-refractivity contribution in [2.75, 3.05) is 20.1 Å². The monoisotopic (exact) mass is 289 g/mol. The maximum Gasteiger partial charge on any atom is 0.342 e. The zero-order valence-corrected chi connectivity index (χ0v) is 11.8. The second kappa shape index (κ2) is 7.00. The average Bonchev–Trinajstić information content (AvgIpc) is 2.11. The van der Waals surface area contributed by atoms with Gasteiger partial charge in [0.15, 0.2) is 5.40 Å². The van der Waals surface area contributed by atoms with Crippen molar-refractivity contribution in [2.45, 2.75) is 31.6 Å². The maximum atomic E-state index is 11.0. The molecule has 4 N–H and O–H groups in total. The van der Waals surface area contributed by atoms with Gasteiger partial charge in [0.2, 0.25) is 0 Å². The minimum Gasteiger partial charge on any atom is -0.324 e. The van der Waals surface area contributed by atoms with Gasteiger partial charge in [-0.1, -0.05) is 19.8 Å². The second-order valence-corrected chi connectivity index (χ2v) is 8.14. The molecule has 0 amide bonds. The summed E-state index contributed by atoms with van der Waals surface area (Å²) in [5.74, 6) is 0. The van der Waals surface area contributed by atoms with Gasteiger partial charge >= 0.3 is 15.2 Å².